The van der Waals surface area contributed by atoms with Gasteiger partial charge in [0.25, 0.3) is 0 Å². The average Bonchev–Trinajstić information content (AvgIpc) is 2.89. The first-order valence-electron chi connectivity index (χ1n) is 16.1. The maximum absolute atomic E-state index is 12.8. The molecule has 0 radical (unpaired) electrons. The van der Waals surface area contributed by atoms with Gasteiger partial charge >= 0.3 is 11.9 Å². The summed E-state index contributed by atoms with van der Waals surface area (Å²) in [6, 6.07) is 0. The number of hydrogen-bond acceptors (Lipinski definition) is 5. The van der Waals surface area contributed by atoms with E-state index in [1.54, 1.807) is 0 Å². The van der Waals surface area contributed by atoms with Crippen LogP contribution in [-0.2, 0) is 19.1 Å². The van der Waals surface area contributed by atoms with E-state index in [0.717, 1.165) is 90.1 Å². The lowest BCUT2D eigenvalue weighted by Gasteiger charge is -2.29. The number of piperidine rings is 1. The third-order valence-corrected chi connectivity index (χ3v) is 8.00. The Morgan fingerprint density at radius 3 is 1.76 bits per heavy atom. The van der Waals surface area contributed by atoms with E-state index in [1.807, 2.05) is 0 Å². The second-order valence-electron chi connectivity index (χ2n) is 11.5. The van der Waals surface area contributed by atoms with Gasteiger partial charge in [-0.1, -0.05) is 85.0 Å². The molecule has 1 unspecified atom stereocenters. The first-order chi connectivity index (χ1) is 18.0. The fraction of sp³-hybridized carbons (Fsp3) is 0.938. The summed E-state index contributed by atoms with van der Waals surface area (Å²) in [6.07, 6.45) is 23.0. The quantitative estimate of drug-likeness (QED) is 0.0991. The molecule has 2 atom stereocenters. The number of carbonyl (C=O) groups excluding carboxylic acids is 2. The van der Waals surface area contributed by atoms with E-state index in [1.165, 1.54) is 51.4 Å². The Labute approximate surface area is 229 Å². The minimum atomic E-state index is -0.0350. The summed E-state index contributed by atoms with van der Waals surface area (Å²) in [6.45, 7) is 8.54. The highest BCUT2D eigenvalue weighted by atomic mass is 16.5. The van der Waals surface area contributed by atoms with Crippen molar-refractivity contribution in [3.8, 4) is 0 Å². The summed E-state index contributed by atoms with van der Waals surface area (Å²) in [4.78, 5) is 27.4. The van der Waals surface area contributed by atoms with Gasteiger partial charge in [-0.15, -0.1) is 0 Å². The second-order valence-corrected chi connectivity index (χ2v) is 11.5. The van der Waals surface area contributed by atoms with Gasteiger partial charge in [0.1, 0.15) is 12.2 Å². The van der Waals surface area contributed by atoms with Crippen LogP contribution in [0, 0.1) is 5.92 Å². The molecule has 1 aliphatic rings. The molecular weight excluding hydrogens is 462 g/mol. The summed E-state index contributed by atoms with van der Waals surface area (Å²) < 4.78 is 11.8. The Morgan fingerprint density at radius 1 is 0.676 bits per heavy atom. The highest BCUT2D eigenvalue weighted by Gasteiger charge is 2.26. The van der Waals surface area contributed by atoms with Crippen molar-refractivity contribution in [1.82, 2.24) is 4.90 Å². The first-order valence-corrected chi connectivity index (χ1v) is 16.1. The number of nitrogens with zero attached hydrogens (tertiary/aromatic N) is 1. The Hall–Kier alpha value is -1.10. The molecular formula is C32H61NO4. The number of ether oxygens (including phenoxy) is 2. The second kappa shape index (κ2) is 22.8. The number of carbonyl (C=O) groups is 2. The van der Waals surface area contributed by atoms with Gasteiger partial charge in [-0.2, -0.15) is 0 Å². The summed E-state index contributed by atoms with van der Waals surface area (Å²) in [7, 11) is 2.13. The van der Waals surface area contributed by atoms with E-state index in [2.05, 4.69) is 32.7 Å². The van der Waals surface area contributed by atoms with Crippen LogP contribution in [0.15, 0.2) is 0 Å². The van der Waals surface area contributed by atoms with Crippen LogP contribution >= 0.6 is 0 Å². The molecule has 5 nitrogen and oxygen atoms in total. The SMILES string of the molecule is CCCCCCCCCC(CCCCCCC(=O)O[C@@H](CC)CCCCC)OC(=O)C1CCN(C)CC1. The predicted octanol–water partition coefficient (Wildman–Crippen LogP) is 8.62. The number of rotatable bonds is 23. The van der Waals surface area contributed by atoms with Crippen molar-refractivity contribution in [1.29, 1.82) is 0 Å². The van der Waals surface area contributed by atoms with Gasteiger partial charge in [0.05, 0.1) is 5.92 Å². The van der Waals surface area contributed by atoms with Crippen LogP contribution in [0.2, 0.25) is 0 Å². The zero-order chi connectivity index (χ0) is 27.1. The molecule has 37 heavy (non-hydrogen) atoms. The Morgan fingerprint density at radius 2 is 1.16 bits per heavy atom. The van der Waals surface area contributed by atoms with Crippen molar-refractivity contribution >= 4 is 11.9 Å². The minimum Gasteiger partial charge on any atom is -0.462 e. The lowest BCUT2D eigenvalue weighted by atomic mass is 9.97. The zero-order valence-electron chi connectivity index (χ0n) is 25.1. The highest BCUT2D eigenvalue weighted by molar-refractivity contribution is 5.72. The topological polar surface area (TPSA) is 55.8 Å². The third kappa shape index (κ3) is 17.9. The van der Waals surface area contributed by atoms with Gasteiger partial charge in [0, 0.05) is 6.42 Å². The van der Waals surface area contributed by atoms with Crippen molar-refractivity contribution < 1.29 is 19.1 Å². The molecule has 1 fully saturated rings. The molecule has 0 amide bonds. The molecule has 5 heteroatoms. The van der Waals surface area contributed by atoms with E-state index >= 15 is 0 Å². The third-order valence-electron chi connectivity index (χ3n) is 8.00. The monoisotopic (exact) mass is 523 g/mol. The largest absolute Gasteiger partial charge is 0.462 e. The standard InChI is InChI=1S/C32H61NO4/c1-5-8-10-11-12-13-17-21-30(37-32(35)28-24-26-33(4)27-25-28)22-18-14-15-19-23-31(34)36-29(7-3)20-16-9-6-2/h28-30H,5-27H2,1-4H3/t29-,30?/m0/s1. The maximum Gasteiger partial charge on any atom is 0.309 e. The van der Waals surface area contributed by atoms with Crippen LogP contribution in [0.25, 0.3) is 0 Å². The Kier molecular flexibility index (Phi) is 20.9. The van der Waals surface area contributed by atoms with Gasteiger partial charge in [0.2, 0.25) is 0 Å². The van der Waals surface area contributed by atoms with E-state index in [-0.39, 0.29) is 30.1 Å². The molecule has 0 spiro atoms. The molecule has 0 aromatic heterocycles. The lowest BCUT2D eigenvalue weighted by Crippen LogP contribution is -2.35. The number of hydrogen-bond donors (Lipinski definition) is 0. The molecule has 0 aromatic carbocycles. The van der Waals surface area contributed by atoms with Gasteiger partial charge < -0.3 is 14.4 Å². The smallest absolute Gasteiger partial charge is 0.309 e. The van der Waals surface area contributed by atoms with Crippen molar-refractivity contribution in [3.63, 3.8) is 0 Å². The Bertz CT molecular complexity index is 559. The van der Waals surface area contributed by atoms with E-state index in [4.69, 9.17) is 9.47 Å². The van der Waals surface area contributed by atoms with Crippen LogP contribution in [0.5, 0.6) is 0 Å². The van der Waals surface area contributed by atoms with E-state index < -0.39 is 0 Å². The molecule has 218 valence electrons. The van der Waals surface area contributed by atoms with Crippen molar-refractivity contribution in [2.45, 2.75) is 168 Å². The summed E-state index contributed by atoms with van der Waals surface area (Å²) in [5, 5.41) is 0. The molecule has 1 heterocycles. The summed E-state index contributed by atoms with van der Waals surface area (Å²) in [5.41, 5.74) is 0. The molecule has 0 bridgehead atoms. The minimum absolute atomic E-state index is 0.0350. The van der Waals surface area contributed by atoms with Crippen LogP contribution in [0.1, 0.15) is 156 Å². The van der Waals surface area contributed by atoms with Gasteiger partial charge in [-0.3, -0.25) is 9.59 Å². The van der Waals surface area contributed by atoms with Crippen LogP contribution in [-0.4, -0.2) is 49.2 Å². The van der Waals surface area contributed by atoms with Gasteiger partial charge in [0.15, 0.2) is 0 Å². The molecule has 1 aliphatic heterocycles. The normalized spacial score (nSPS) is 16.4. The fourth-order valence-electron chi connectivity index (χ4n) is 5.30. The van der Waals surface area contributed by atoms with Crippen molar-refractivity contribution in [2.24, 2.45) is 5.92 Å². The zero-order valence-corrected chi connectivity index (χ0v) is 25.1. The molecule has 1 rings (SSSR count). The number of unbranched alkanes of at least 4 members (excludes halogenated alkanes) is 11. The van der Waals surface area contributed by atoms with Crippen LogP contribution in [0.3, 0.4) is 0 Å². The van der Waals surface area contributed by atoms with E-state index in [9.17, 15) is 9.59 Å². The van der Waals surface area contributed by atoms with Crippen LogP contribution < -0.4 is 0 Å². The van der Waals surface area contributed by atoms with E-state index in [0.29, 0.717) is 6.42 Å². The average molecular weight is 524 g/mol. The summed E-state index contributed by atoms with van der Waals surface area (Å²) >= 11 is 0. The van der Waals surface area contributed by atoms with Gasteiger partial charge in [-0.05, 0) is 84.3 Å². The number of likely N-dealkylation sites (tertiary alicyclic amines) is 1. The first kappa shape index (κ1) is 33.9. The summed E-state index contributed by atoms with van der Waals surface area (Å²) in [5.74, 6) is 0.0769. The van der Waals surface area contributed by atoms with Crippen LogP contribution in [0.4, 0.5) is 0 Å². The Balaban J connectivity index is 2.30. The molecule has 0 aliphatic carbocycles. The van der Waals surface area contributed by atoms with Crippen molar-refractivity contribution in [3.05, 3.63) is 0 Å². The molecule has 1 saturated heterocycles. The molecule has 0 saturated carbocycles. The number of esters is 2. The van der Waals surface area contributed by atoms with Crippen molar-refractivity contribution in [2.75, 3.05) is 20.1 Å². The predicted molar refractivity (Wildman–Crippen MR) is 155 cm³/mol. The molecule has 0 aromatic rings. The molecule has 0 N–H and O–H groups in total. The maximum atomic E-state index is 12.8. The lowest BCUT2D eigenvalue weighted by molar-refractivity contribution is -0.156. The van der Waals surface area contributed by atoms with Gasteiger partial charge in [-0.25, -0.2) is 0 Å². The highest BCUT2D eigenvalue weighted by Crippen LogP contribution is 2.22. The fourth-order valence-corrected chi connectivity index (χ4v) is 5.30.